The monoisotopic (exact) mass is 429 g/mol. The number of anilines is 1. The van der Waals surface area contributed by atoms with Gasteiger partial charge in [-0.25, -0.2) is 4.39 Å². The Bertz CT molecular complexity index is 1070. The van der Waals surface area contributed by atoms with Crippen LogP contribution in [-0.2, 0) is 18.3 Å². The first-order valence-electron chi connectivity index (χ1n) is 10.3. The van der Waals surface area contributed by atoms with Gasteiger partial charge in [-0.05, 0) is 69.4 Å². The molecule has 31 heavy (non-hydrogen) atoms. The predicted octanol–water partition coefficient (Wildman–Crippen LogP) is 2.81. The van der Waals surface area contributed by atoms with E-state index in [0.717, 1.165) is 0 Å². The molecule has 166 valence electrons. The number of amides is 2. The largest absolute Gasteiger partial charge is 0.393 e. The van der Waals surface area contributed by atoms with Gasteiger partial charge in [0.15, 0.2) is 0 Å². The van der Waals surface area contributed by atoms with Crippen molar-refractivity contribution in [3.05, 3.63) is 52.1 Å². The fraction of sp³-hybridized carbons (Fsp3) is 0.435. The normalized spacial score (nSPS) is 20.2. The quantitative estimate of drug-likeness (QED) is 0.486. The highest BCUT2D eigenvalue weighted by molar-refractivity contribution is 6.43. The number of halogens is 1. The van der Waals surface area contributed by atoms with E-state index in [2.05, 4.69) is 10.6 Å². The van der Waals surface area contributed by atoms with Crippen LogP contribution < -0.4 is 10.6 Å². The number of aryl methyl sites for hydroxylation is 1. The highest BCUT2D eigenvalue weighted by atomic mass is 19.1. The summed E-state index contributed by atoms with van der Waals surface area (Å²) in [5.41, 5.74) is 1.76. The third kappa shape index (κ3) is 4.25. The summed E-state index contributed by atoms with van der Waals surface area (Å²) in [5.74, 6) is -2.27. The van der Waals surface area contributed by atoms with Gasteiger partial charge >= 0.3 is 0 Å². The van der Waals surface area contributed by atoms with Gasteiger partial charge in [0.2, 0.25) is 0 Å². The minimum atomic E-state index is -0.759. The summed E-state index contributed by atoms with van der Waals surface area (Å²) in [4.78, 5) is 38.7. The zero-order chi connectivity index (χ0) is 23.1. The molecule has 0 saturated heterocycles. The molecule has 7 nitrogen and oxygen atoms in total. The second kappa shape index (κ2) is 8.26. The number of rotatable bonds is 6. The number of hydrogen-bond donors (Lipinski definition) is 3. The molecule has 3 rings (SSSR count). The number of nitrogens with zero attached hydrogens (tertiary/aromatic N) is 1. The van der Waals surface area contributed by atoms with E-state index in [1.807, 2.05) is 6.92 Å². The molecule has 0 unspecified atom stereocenters. The number of aliphatic hydroxyl groups excluding tert-OH is 1. The molecule has 1 aliphatic rings. The SMILES string of the molecule is CCc1c(C(=O)Nc2ccc(F)c(C)c2)c(C)n(C)c1C(=O)C(=O)N[C@]1(C)C[C@H](O)C1. The molecule has 3 N–H and O–H groups in total. The molecule has 0 radical (unpaired) electrons. The van der Waals surface area contributed by atoms with E-state index >= 15 is 0 Å². The molecule has 2 amide bonds. The van der Waals surface area contributed by atoms with Crippen molar-refractivity contribution in [1.82, 2.24) is 9.88 Å². The molecular formula is C23H28FN3O4. The molecule has 2 aromatic rings. The fourth-order valence-corrected chi connectivity index (χ4v) is 4.25. The molecule has 1 aromatic carbocycles. The zero-order valence-corrected chi connectivity index (χ0v) is 18.4. The van der Waals surface area contributed by atoms with Gasteiger partial charge in [-0.1, -0.05) is 6.92 Å². The molecule has 1 aliphatic carbocycles. The molecule has 0 atom stereocenters. The second-order valence-electron chi connectivity index (χ2n) is 8.52. The summed E-state index contributed by atoms with van der Waals surface area (Å²) in [6, 6.07) is 4.28. The average Bonchev–Trinajstić information content (AvgIpc) is 2.93. The lowest BCUT2D eigenvalue weighted by molar-refractivity contribution is -0.121. The van der Waals surface area contributed by atoms with Gasteiger partial charge in [-0.3, -0.25) is 14.4 Å². The highest BCUT2D eigenvalue weighted by Crippen LogP contribution is 2.32. The van der Waals surface area contributed by atoms with Crippen molar-refractivity contribution in [3.63, 3.8) is 0 Å². The van der Waals surface area contributed by atoms with Gasteiger partial charge in [0.05, 0.1) is 17.4 Å². The Hall–Kier alpha value is -3.00. The molecule has 1 fully saturated rings. The summed E-state index contributed by atoms with van der Waals surface area (Å²) in [7, 11) is 1.64. The van der Waals surface area contributed by atoms with Crippen molar-refractivity contribution < 1.29 is 23.9 Å². The van der Waals surface area contributed by atoms with Gasteiger partial charge in [0, 0.05) is 24.0 Å². The molecule has 1 saturated carbocycles. The molecule has 1 heterocycles. The van der Waals surface area contributed by atoms with Crippen LogP contribution >= 0.6 is 0 Å². The summed E-state index contributed by atoms with van der Waals surface area (Å²) in [6.07, 6.45) is 0.680. The summed E-state index contributed by atoms with van der Waals surface area (Å²) < 4.78 is 15.1. The molecule has 0 bridgehead atoms. The summed E-state index contributed by atoms with van der Waals surface area (Å²) >= 11 is 0. The zero-order valence-electron chi connectivity index (χ0n) is 18.4. The fourth-order valence-electron chi connectivity index (χ4n) is 4.25. The van der Waals surface area contributed by atoms with Crippen molar-refractivity contribution in [2.24, 2.45) is 7.05 Å². The van der Waals surface area contributed by atoms with Gasteiger partial charge in [-0.2, -0.15) is 0 Å². The standard InChI is InChI=1S/C23H28FN3O4/c1-6-16-18(21(30)25-14-7-8-17(24)12(2)9-14)13(3)27(5)19(16)20(29)22(31)26-23(4)10-15(28)11-23/h7-9,15,28H,6,10-11H2,1-5H3,(H,25,30)(H,26,31)/t15-,23+. The molecule has 0 aliphatic heterocycles. The third-order valence-electron chi connectivity index (χ3n) is 5.99. The van der Waals surface area contributed by atoms with Crippen LogP contribution in [0.2, 0.25) is 0 Å². The smallest absolute Gasteiger partial charge is 0.294 e. The highest BCUT2D eigenvalue weighted by Gasteiger charge is 2.42. The first-order valence-corrected chi connectivity index (χ1v) is 10.3. The Balaban J connectivity index is 1.90. The van der Waals surface area contributed by atoms with Crippen LogP contribution in [0.3, 0.4) is 0 Å². The van der Waals surface area contributed by atoms with E-state index in [9.17, 15) is 23.9 Å². The van der Waals surface area contributed by atoms with Crippen LogP contribution in [-0.4, -0.2) is 38.9 Å². The van der Waals surface area contributed by atoms with Crippen LogP contribution in [0.4, 0.5) is 10.1 Å². The Morgan fingerprint density at radius 2 is 1.90 bits per heavy atom. The van der Waals surface area contributed by atoms with Crippen molar-refractivity contribution in [1.29, 1.82) is 0 Å². The van der Waals surface area contributed by atoms with E-state index in [0.29, 0.717) is 47.3 Å². The Morgan fingerprint density at radius 1 is 1.26 bits per heavy atom. The first-order chi connectivity index (χ1) is 14.5. The van der Waals surface area contributed by atoms with Crippen molar-refractivity contribution in [3.8, 4) is 0 Å². The van der Waals surface area contributed by atoms with Gasteiger partial charge < -0.3 is 20.3 Å². The lowest BCUT2D eigenvalue weighted by Gasteiger charge is -2.42. The van der Waals surface area contributed by atoms with E-state index in [-0.39, 0.29) is 11.5 Å². The number of hydrogen-bond acceptors (Lipinski definition) is 4. The maximum absolute atomic E-state index is 13.5. The van der Waals surface area contributed by atoms with E-state index in [4.69, 9.17) is 0 Å². The van der Waals surface area contributed by atoms with Crippen LogP contribution in [0.15, 0.2) is 18.2 Å². The number of Topliss-reactive ketones (excluding diaryl/α,β-unsaturated/α-hetero) is 1. The van der Waals surface area contributed by atoms with Crippen LogP contribution in [0.25, 0.3) is 0 Å². The Labute approximate surface area is 180 Å². The maximum atomic E-state index is 13.5. The van der Waals surface area contributed by atoms with Crippen molar-refractivity contribution >= 4 is 23.3 Å². The van der Waals surface area contributed by atoms with Crippen molar-refractivity contribution in [2.75, 3.05) is 5.32 Å². The lowest BCUT2D eigenvalue weighted by Crippen LogP contribution is -2.58. The predicted molar refractivity (Wildman–Crippen MR) is 115 cm³/mol. The maximum Gasteiger partial charge on any atom is 0.294 e. The second-order valence-corrected chi connectivity index (χ2v) is 8.52. The van der Waals surface area contributed by atoms with E-state index in [1.54, 1.807) is 32.4 Å². The first kappa shape index (κ1) is 22.7. The number of aromatic nitrogens is 1. The summed E-state index contributed by atoms with van der Waals surface area (Å²) in [6.45, 7) is 6.91. The molecule has 1 aromatic heterocycles. The molecule has 8 heteroatoms. The Kier molecular flexibility index (Phi) is 6.04. The van der Waals surface area contributed by atoms with E-state index < -0.39 is 29.2 Å². The molecular weight excluding hydrogens is 401 g/mol. The van der Waals surface area contributed by atoms with Gasteiger partial charge in [0.1, 0.15) is 5.82 Å². The lowest BCUT2D eigenvalue weighted by atomic mass is 9.76. The number of nitrogens with one attached hydrogen (secondary N) is 2. The number of benzene rings is 1. The number of aliphatic hydroxyl groups is 1. The number of carbonyl (C=O) groups excluding carboxylic acids is 3. The topological polar surface area (TPSA) is 100 Å². The van der Waals surface area contributed by atoms with Gasteiger partial charge in [0.25, 0.3) is 17.6 Å². The summed E-state index contributed by atoms with van der Waals surface area (Å²) in [5, 5.41) is 15.0. The van der Waals surface area contributed by atoms with E-state index in [1.165, 1.54) is 18.2 Å². The third-order valence-corrected chi connectivity index (χ3v) is 5.99. The minimum Gasteiger partial charge on any atom is -0.393 e. The average molecular weight is 429 g/mol. The van der Waals surface area contributed by atoms with Crippen LogP contribution in [0.1, 0.15) is 64.4 Å². The van der Waals surface area contributed by atoms with Gasteiger partial charge in [-0.15, -0.1) is 0 Å². The minimum absolute atomic E-state index is 0.168. The Morgan fingerprint density at radius 3 is 2.45 bits per heavy atom. The number of ketones is 1. The van der Waals surface area contributed by atoms with Crippen molar-refractivity contribution in [2.45, 2.75) is 58.6 Å². The number of carbonyl (C=O) groups is 3. The van der Waals surface area contributed by atoms with Crippen LogP contribution in [0, 0.1) is 19.7 Å². The van der Waals surface area contributed by atoms with Crippen LogP contribution in [0.5, 0.6) is 0 Å². The molecule has 0 spiro atoms.